The van der Waals surface area contributed by atoms with E-state index in [1.807, 2.05) is 36.7 Å². The Balaban J connectivity index is 1.59. The number of aromatic nitrogens is 5. The number of pyridine rings is 1. The molecule has 0 aliphatic heterocycles. The summed E-state index contributed by atoms with van der Waals surface area (Å²) in [5.41, 5.74) is 3.70. The average molecular weight is 395 g/mol. The van der Waals surface area contributed by atoms with Crippen molar-refractivity contribution in [1.82, 2.24) is 24.5 Å². The van der Waals surface area contributed by atoms with Crippen LogP contribution < -0.4 is 5.32 Å². The topological polar surface area (TPSA) is 77.6 Å². The van der Waals surface area contributed by atoms with Crippen molar-refractivity contribution in [3.63, 3.8) is 0 Å². The van der Waals surface area contributed by atoms with Gasteiger partial charge in [-0.15, -0.1) is 11.3 Å². The van der Waals surface area contributed by atoms with Crippen molar-refractivity contribution in [3.8, 4) is 10.4 Å². The average Bonchev–Trinajstić information content (AvgIpc) is 3.37. The largest absolute Gasteiger partial charge is 0.308 e. The van der Waals surface area contributed by atoms with Gasteiger partial charge < -0.3 is 5.32 Å². The fourth-order valence-electron chi connectivity index (χ4n) is 3.36. The minimum Gasteiger partial charge on any atom is -0.308 e. The number of nitrogens with one attached hydrogen (secondary N) is 1. The van der Waals surface area contributed by atoms with E-state index in [0.717, 1.165) is 40.2 Å². The number of carbonyl (C=O) groups is 1. The predicted octanol–water partition coefficient (Wildman–Crippen LogP) is 4.02. The highest BCUT2D eigenvalue weighted by atomic mass is 32.1. The Bertz CT molecular complexity index is 1130. The summed E-state index contributed by atoms with van der Waals surface area (Å²) in [4.78, 5) is 18.2. The summed E-state index contributed by atoms with van der Waals surface area (Å²) < 4.78 is 3.56. The summed E-state index contributed by atoms with van der Waals surface area (Å²) in [6.45, 7) is 6.96. The SMILES string of the molecule is CCCn1nc(NC(=O)Cn2nc(C)c3c(-c4cccs4)ccnc32)cc1C. The number of nitrogens with zero attached hydrogens (tertiary/aromatic N) is 5. The zero-order valence-electron chi connectivity index (χ0n) is 16.1. The van der Waals surface area contributed by atoms with E-state index in [1.165, 1.54) is 0 Å². The second-order valence-electron chi connectivity index (χ2n) is 6.72. The summed E-state index contributed by atoms with van der Waals surface area (Å²) in [6.07, 6.45) is 2.76. The number of thiophene rings is 1. The number of amides is 1. The second-order valence-corrected chi connectivity index (χ2v) is 7.67. The van der Waals surface area contributed by atoms with Crippen LogP contribution in [-0.4, -0.2) is 30.5 Å². The van der Waals surface area contributed by atoms with Gasteiger partial charge in [-0.05, 0) is 37.8 Å². The van der Waals surface area contributed by atoms with Crippen LogP contribution in [0.2, 0.25) is 0 Å². The van der Waals surface area contributed by atoms with E-state index in [2.05, 4.69) is 38.9 Å². The smallest absolute Gasteiger partial charge is 0.247 e. The molecule has 0 fully saturated rings. The van der Waals surface area contributed by atoms with Gasteiger partial charge in [-0.25, -0.2) is 9.67 Å². The first-order chi connectivity index (χ1) is 13.6. The summed E-state index contributed by atoms with van der Waals surface area (Å²) >= 11 is 1.68. The highest BCUT2D eigenvalue weighted by molar-refractivity contribution is 7.13. The molecule has 0 aliphatic rings. The maximum Gasteiger partial charge on any atom is 0.247 e. The van der Waals surface area contributed by atoms with Crippen LogP contribution in [0.25, 0.3) is 21.5 Å². The number of fused-ring (bicyclic) bond motifs is 1. The molecule has 4 aromatic heterocycles. The molecule has 0 unspecified atom stereocenters. The van der Waals surface area contributed by atoms with Crippen LogP contribution in [0, 0.1) is 13.8 Å². The van der Waals surface area contributed by atoms with E-state index in [4.69, 9.17) is 0 Å². The van der Waals surface area contributed by atoms with Crippen LogP contribution >= 0.6 is 11.3 Å². The van der Waals surface area contributed by atoms with Crippen LogP contribution in [0.3, 0.4) is 0 Å². The summed E-state index contributed by atoms with van der Waals surface area (Å²) in [5, 5.41) is 14.9. The van der Waals surface area contributed by atoms with Gasteiger partial charge in [0.15, 0.2) is 11.5 Å². The summed E-state index contributed by atoms with van der Waals surface area (Å²) in [5.74, 6) is 0.394. The molecular formula is C20H22N6OS. The van der Waals surface area contributed by atoms with Crippen LogP contribution in [0.4, 0.5) is 5.82 Å². The zero-order chi connectivity index (χ0) is 19.7. The minimum atomic E-state index is -0.172. The number of carbonyl (C=O) groups excluding carboxylic acids is 1. The van der Waals surface area contributed by atoms with Crippen molar-refractivity contribution in [1.29, 1.82) is 0 Å². The number of anilines is 1. The first-order valence-electron chi connectivity index (χ1n) is 9.27. The third-order valence-electron chi connectivity index (χ3n) is 4.57. The standard InChI is InChI=1S/C20H22N6OS/c1-4-9-25-13(2)11-17(24-25)22-18(27)12-26-20-19(14(3)23-26)15(7-8-21-20)16-6-5-10-28-16/h5-8,10-11H,4,9,12H2,1-3H3,(H,22,24,27). The monoisotopic (exact) mass is 394 g/mol. The first kappa shape index (κ1) is 18.4. The Morgan fingerprint density at radius 1 is 1.21 bits per heavy atom. The fourth-order valence-corrected chi connectivity index (χ4v) is 4.11. The lowest BCUT2D eigenvalue weighted by Crippen LogP contribution is -2.20. The van der Waals surface area contributed by atoms with E-state index in [-0.39, 0.29) is 12.5 Å². The quantitative estimate of drug-likeness (QED) is 0.536. The number of rotatable bonds is 6. The molecule has 28 heavy (non-hydrogen) atoms. The molecule has 0 aliphatic carbocycles. The molecule has 4 heterocycles. The molecule has 0 saturated heterocycles. The Kier molecular flexibility index (Phi) is 4.95. The van der Waals surface area contributed by atoms with Crippen LogP contribution in [-0.2, 0) is 17.9 Å². The number of aryl methyl sites for hydroxylation is 3. The van der Waals surface area contributed by atoms with Crippen LogP contribution in [0.15, 0.2) is 35.8 Å². The van der Waals surface area contributed by atoms with Gasteiger partial charge in [0.25, 0.3) is 0 Å². The molecular weight excluding hydrogens is 372 g/mol. The summed E-state index contributed by atoms with van der Waals surface area (Å²) in [6, 6.07) is 7.99. The van der Waals surface area contributed by atoms with Crippen molar-refractivity contribution in [2.75, 3.05) is 5.32 Å². The molecule has 7 nitrogen and oxygen atoms in total. The molecule has 0 bridgehead atoms. The van der Waals surface area contributed by atoms with Crippen molar-refractivity contribution in [2.45, 2.75) is 40.3 Å². The fraction of sp³-hybridized carbons (Fsp3) is 0.300. The lowest BCUT2D eigenvalue weighted by molar-refractivity contribution is -0.116. The van der Waals surface area contributed by atoms with Gasteiger partial charge in [-0.2, -0.15) is 10.2 Å². The van der Waals surface area contributed by atoms with Crippen molar-refractivity contribution >= 4 is 34.1 Å². The number of hydrogen-bond donors (Lipinski definition) is 1. The van der Waals surface area contributed by atoms with Crippen LogP contribution in [0.1, 0.15) is 24.7 Å². The van der Waals surface area contributed by atoms with Gasteiger partial charge in [0.05, 0.1) is 11.1 Å². The molecule has 4 rings (SSSR count). The van der Waals surface area contributed by atoms with Gasteiger partial charge in [-0.1, -0.05) is 13.0 Å². The van der Waals surface area contributed by atoms with Gasteiger partial charge in [0.2, 0.25) is 5.91 Å². The Morgan fingerprint density at radius 2 is 2.07 bits per heavy atom. The molecule has 0 radical (unpaired) electrons. The van der Waals surface area contributed by atoms with Gasteiger partial charge in [-0.3, -0.25) is 9.48 Å². The van der Waals surface area contributed by atoms with E-state index < -0.39 is 0 Å². The molecule has 4 aromatic rings. The lowest BCUT2D eigenvalue weighted by Gasteiger charge is -2.04. The lowest BCUT2D eigenvalue weighted by atomic mass is 10.1. The maximum atomic E-state index is 12.6. The summed E-state index contributed by atoms with van der Waals surface area (Å²) in [7, 11) is 0. The maximum absolute atomic E-state index is 12.6. The number of hydrogen-bond acceptors (Lipinski definition) is 5. The molecule has 8 heteroatoms. The van der Waals surface area contributed by atoms with Gasteiger partial charge in [0, 0.05) is 34.9 Å². The van der Waals surface area contributed by atoms with E-state index in [0.29, 0.717) is 11.5 Å². The Hall–Kier alpha value is -3.00. The van der Waals surface area contributed by atoms with E-state index in [1.54, 1.807) is 22.2 Å². The molecule has 144 valence electrons. The first-order valence-corrected chi connectivity index (χ1v) is 10.1. The molecule has 0 saturated carbocycles. The van der Waals surface area contributed by atoms with E-state index in [9.17, 15) is 4.79 Å². The van der Waals surface area contributed by atoms with Crippen LogP contribution in [0.5, 0.6) is 0 Å². The van der Waals surface area contributed by atoms with Crippen molar-refractivity contribution in [2.24, 2.45) is 0 Å². The van der Waals surface area contributed by atoms with E-state index >= 15 is 0 Å². The predicted molar refractivity (Wildman–Crippen MR) is 111 cm³/mol. The Morgan fingerprint density at radius 3 is 2.82 bits per heavy atom. The highest BCUT2D eigenvalue weighted by Crippen LogP contribution is 2.32. The van der Waals surface area contributed by atoms with Crippen molar-refractivity contribution in [3.05, 3.63) is 47.2 Å². The minimum absolute atomic E-state index is 0.0882. The zero-order valence-corrected chi connectivity index (χ0v) is 17.0. The molecule has 0 spiro atoms. The Labute approximate surface area is 167 Å². The third kappa shape index (κ3) is 3.43. The molecule has 0 aromatic carbocycles. The highest BCUT2D eigenvalue weighted by Gasteiger charge is 2.17. The molecule has 1 N–H and O–H groups in total. The van der Waals surface area contributed by atoms with Gasteiger partial charge in [0.1, 0.15) is 6.54 Å². The van der Waals surface area contributed by atoms with Gasteiger partial charge >= 0.3 is 0 Å². The second kappa shape index (κ2) is 7.55. The third-order valence-corrected chi connectivity index (χ3v) is 5.48. The molecule has 0 atom stereocenters. The van der Waals surface area contributed by atoms with Crippen molar-refractivity contribution < 1.29 is 4.79 Å². The normalized spacial score (nSPS) is 11.2. The molecule has 1 amide bonds.